The molecule has 3 aromatic rings. The number of furan rings is 1. The molecule has 0 bridgehead atoms. The molecular formula is C19H18O4. The summed E-state index contributed by atoms with van der Waals surface area (Å²) in [5.74, 6) is 1.07. The van der Waals surface area contributed by atoms with Gasteiger partial charge in [0.05, 0.1) is 12.9 Å². The topological polar surface area (TPSA) is 48.7 Å². The average molecular weight is 310 g/mol. The van der Waals surface area contributed by atoms with Gasteiger partial charge in [-0.25, -0.2) is 4.79 Å². The first kappa shape index (κ1) is 15.2. The van der Waals surface area contributed by atoms with Gasteiger partial charge < -0.3 is 13.9 Å². The monoisotopic (exact) mass is 310 g/mol. The number of ether oxygens (including phenoxy) is 2. The molecular weight excluding hydrogens is 292 g/mol. The van der Waals surface area contributed by atoms with Crippen LogP contribution in [0.15, 0.2) is 59.2 Å². The number of esters is 1. The van der Waals surface area contributed by atoms with Crippen LogP contribution in [0.2, 0.25) is 0 Å². The van der Waals surface area contributed by atoms with Gasteiger partial charge in [0, 0.05) is 16.3 Å². The summed E-state index contributed by atoms with van der Waals surface area (Å²) in [4.78, 5) is 11.6. The zero-order chi connectivity index (χ0) is 16.2. The van der Waals surface area contributed by atoms with Crippen LogP contribution in [0.25, 0.3) is 22.1 Å². The number of fused-ring (bicyclic) bond motifs is 1. The van der Waals surface area contributed by atoms with Gasteiger partial charge in [-0.15, -0.1) is 0 Å². The highest BCUT2D eigenvalue weighted by Crippen LogP contribution is 2.31. The van der Waals surface area contributed by atoms with Crippen molar-refractivity contribution in [3.63, 3.8) is 0 Å². The van der Waals surface area contributed by atoms with Crippen molar-refractivity contribution < 1.29 is 18.7 Å². The molecule has 2 aromatic carbocycles. The summed E-state index contributed by atoms with van der Waals surface area (Å²) >= 11 is 0. The molecule has 1 heterocycles. The first-order chi connectivity index (χ1) is 11.2. The van der Waals surface area contributed by atoms with Crippen LogP contribution in [-0.4, -0.2) is 18.7 Å². The fourth-order valence-electron chi connectivity index (χ4n) is 2.41. The minimum atomic E-state index is -0.634. The van der Waals surface area contributed by atoms with Crippen LogP contribution in [0.5, 0.6) is 5.75 Å². The Morgan fingerprint density at radius 1 is 1.13 bits per heavy atom. The molecule has 0 saturated heterocycles. The van der Waals surface area contributed by atoms with Gasteiger partial charge in [0.2, 0.25) is 0 Å². The molecule has 0 aliphatic heterocycles. The predicted octanol–water partition coefficient (Wildman–Crippen LogP) is 4.43. The van der Waals surface area contributed by atoms with Gasteiger partial charge in [0.1, 0.15) is 11.5 Å². The first-order valence-electron chi connectivity index (χ1n) is 7.59. The number of carbonyl (C=O) groups is 1. The van der Waals surface area contributed by atoms with Crippen LogP contribution in [0.3, 0.4) is 0 Å². The van der Waals surface area contributed by atoms with E-state index in [1.807, 2.05) is 48.5 Å². The minimum Gasteiger partial charge on any atom is -0.479 e. The molecule has 0 aliphatic carbocycles. The fraction of sp³-hybridized carbons (Fsp3) is 0.211. The lowest BCUT2D eigenvalue weighted by Crippen LogP contribution is -2.25. The number of carbonyl (C=O) groups excluding carboxylic acids is 1. The van der Waals surface area contributed by atoms with Gasteiger partial charge in [-0.1, -0.05) is 24.3 Å². The molecule has 0 radical (unpaired) electrons. The van der Waals surface area contributed by atoms with E-state index in [2.05, 4.69) is 0 Å². The largest absolute Gasteiger partial charge is 0.479 e. The lowest BCUT2D eigenvalue weighted by Gasteiger charge is -2.13. The molecule has 0 N–H and O–H groups in total. The Labute approximate surface area is 134 Å². The Hall–Kier alpha value is -2.75. The van der Waals surface area contributed by atoms with Crippen LogP contribution in [0.1, 0.15) is 13.8 Å². The Bertz CT molecular complexity index is 802. The number of rotatable bonds is 5. The number of benzene rings is 2. The van der Waals surface area contributed by atoms with Crippen molar-refractivity contribution in [2.45, 2.75) is 20.0 Å². The van der Waals surface area contributed by atoms with Crippen LogP contribution >= 0.6 is 0 Å². The Kier molecular flexibility index (Phi) is 4.33. The van der Waals surface area contributed by atoms with Crippen molar-refractivity contribution >= 4 is 16.7 Å². The molecule has 0 saturated carbocycles. The lowest BCUT2D eigenvalue weighted by molar-refractivity contribution is -0.150. The van der Waals surface area contributed by atoms with E-state index in [9.17, 15) is 4.79 Å². The van der Waals surface area contributed by atoms with E-state index in [-0.39, 0.29) is 5.97 Å². The second-order valence-electron chi connectivity index (χ2n) is 5.19. The molecule has 1 unspecified atom stereocenters. The Morgan fingerprint density at radius 3 is 2.61 bits per heavy atom. The van der Waals surface area contributed by atoms with E-state index in [4.69, 9.17) is 13.9 Å². The van der Waals surface area contributed by atoms with Gasteiger partial charge in [-0.3, -0.25) is 0 Å². The summed E-state index contributed by atoms with van der Waals surface area (Å²) < 4.78 is 16.2. The summed E-state index contributed by atoms with van der Waals surface area (Å²) in [5.41, 5.74) is 0.960. The van der Waals surface area contributed by atoms with Crippen LogP contribution in [-0.2, 0) is 9.53 Å². The first-order valence-corrected chi connectivity index (χ1v) is 7.59. The molecule has 23 heavy (non-hydrogen) atoms. The maximum atomic E-state index is 11.6. The fourth-order valence-corrected chi connectivity index (χ4v) is 2.41. The van der Waals surface area contributed by atoms with Crippen LogP contribution < -0.4 is 4.74 Å². The molecule has 4 heteroatoms. The molecule has 1 aromatic heterocycles. The van der Waals surface area contributed by atoms with Crippen LogP contribution in [0.4, 0.5) is 0 Å². The molecule has 0 fully saturated rings. The van der Waals surface area contributed by atoms with Gasteiger partial charge in [0.25, 0.3) is 0 Å². The van der Waals surface area contributed by atoms with E-state index < -0.39 is 6.10 Å². The quantitative estimate of drug-likeness (QED) is 0.654. The van der Waals surface area contributed by atoms with Crippen molar-refractivity contribution in [1.82, 2.24) is 0 Å². The molecule has 3 rings (SSSR count). The zero-order valence-corrected chi connectivity index (χ0v) is 13.1. The maximum Gasteiger partial charge on any atom is 0.347 e. The summed E-state index contributed by atoms with van der Waals surface area (Å²) in [6.45, 7) is 3.79. The zero-order valence-electron chi connectivity index (χ0n) is 13.1. The van der Waals surface area contributed by atoms with E-state index >= 15 is 0 Å². The molecule has 1 atom stereocenters. The van der Waals surface area contributed by atoms with E-state index in [1.165, 1.54) is 0 Å². The lowest BCUT2D eigenvalue weighted by atomic mass is 10.1. The highest BCUT2D eigenvalue weighted by atomic mass is 16.6. The molecule has 0 aliphatic rings. The van der Waals surface area contributed by atoms with Crippen LogP contribution in [0, 0.1) is 0 Å². The van der Waals surface area contributed by atoms with E-state index in [0.717, 1.165) is 22.1 Å². The summed E-state index contributed by atoms with van der Waals surface area (Å²) in [7, 11) is 0. The van der Waals surface area contributed by atoms with Gasteiger partial charge in [-0.2, -0.15) is 0 Å². The molecule has 118 valence electrons. The smallest absolute Gasteiger partial charge is 0.347 e. The summed E-state index contributed by atoms with van der Waals surface area (Å²) in [5, 5.41) is 2.14. The minimum absolute atomic E-state index is 0.344. The second kappa shape index (κ2) is 6.57. The van der Waals surface area contributed by atoms with Gasteiger partial charge in [-0.05, 0) is 38.1 Å². The third kappa shape index (κ3) is 3.21. The average Bonchev–Trinajstić information content (AvgIpc) is 3.00. The summed E-state index contributed by atoms with van der Waals surface area (Å²) in [6, 6.07) is 15.5. The van der Waals surface area contributed by atoms with Crippen molar-refractivity contribution in [2.75, 3.05) is 6.61 Å². The standard InChI is InChI=1S/C19H18O4/c1-3-21-19(20)13(2)23-16-10-8-14(9-11-16)18-17-7-5-4-6-15(17)12-22-18/h4-13H,3H2,1-2H3. The third-order valence-corrected chi connectivity index (χ3v) is 3.56. The van der Waals surface area contributed by atoms with Crippen molar-refractivity contribution in [2.24, 2.45) is 0 Å². The van der Waals surface area contributed by atoms with Gasteiger partial charge >= 0.3 is 5.97 Å². The van der Waals surface area contributed by atoms with E-state index in [0.29, 0.717) is 12.4 Å². The third-order valence-electron chi connectivity index (χ3n) is 3.56. The van der Waals surface area contributed by atoms with Crippen molar-refractivity contribution in [1.29, 1.82) is 0 Å². The van der Waals surface area contributed by atoms with Gasteiger partial charge in [0.15, 0.2) is 6.10 Å². The SMILES string of the molecule is CCOC(=O)C(C)Oc1ccc(-c2occ3ccccc23)cc1. The Morgan fingerprint density at radius 2 is 1.87 bits per heavy atom. The maximum absolute atomic E-state index is 11.6. The highest BCUT2D eigenvalue weighted by molar-refractivity contribution is 5.94. The summed E-state index contributed by atoms with van der Waals surface area (Å²) in [6.07, 6.45) is 1.11. The predicted molar refractivity (Wildman–Crippen MR) is 88.4 cm³/mol. The highest BCUT2D eigenvalue weighted by Gasteiger charge is 2.16. The number of hydrogen-bond acceptors (Lipinski definition) is 4. The normalized spacial score (nSPS) is 12.1. The number of hydrogen-bond donors (Lipinski definition) is 0. The second-order valence-corrected chi connectivity index (χ2v) is 5.19. The molecule has 0 spiro atoms. The Balaban J connectivity index is 1.78. The molecule has 0 amide bonds. The van der Waals surface area contributed by atoms with Crippen molar-refractivity contribution in [3.8, 4) is 17.1 Å². The van der Waals surface area contributed by atoms with E-state index in [1.54, 1.807) is 20.1 Å². The molecule has 4 nitrogen and oxygen atoms in total. The van der Waals surface area contributed by atoms with Crippen molar-refractivity contribution in [3.05, 3.63) is 54.8 Å².